The van der Waals surface area contributed by atoms with Gasteiger partial charge in [-0.05, 0) is 30.5 Å². The number of nitrogens with one attached hydrogen (secondary N) is 1. The fourth-order valence-corrected chi connectivity index (χ4v) is 3.01. The zero-order chi connectivity index (χ0) is 13.8. The standard InChI is InChI=1S/C17H20N2O/c20-17-10-9-15(12-18-17)16-8-4-5-11-19(16)13-14-6-2-1-3-7-14/h1-3,6-7,9-10,12,16H,4-5,8,11,13H2,(H,18,20). The van der Waals surface area contributed by atoms with Crippen molar-refractivity contribution in [2.75, 3.05) is 6.54 Å². The third kappa shape index (κ3) is 2.99. The summed E-state index contributed by atoms with van der Waals surface area (Å²) in [6.07, 6.45) is 5.55. The third-order valence-electron chi connectivity index (χ3n) is 4.04. The Balaban J connectivity index is 1.80. The van der Waals surface area contributed by atoms with Crippen LogP contribution in [0.2, 0.25) is 0 Å². The summed E-state index contributed by atoms with van der Waals surface area (Å²) in [4.78, 5) is 16.5. The molecule has 1 saturated heterocycles. The minimum atomic E-state index is -0.0285. The molecule has 1 fully saturated rings. The normalized spacial score (nSPS) is 19.9. The van der Waals surface area contributed by atoms with E-state index < -0.39 is 0 Å². The van der Waals surface area contributed by atoms with Crippen LogP contribution in [-0.2, 0) is 6.54 Å². The summed E-state index contributed by atoms with van der Waals surface area (Å²) in [5, 5.41) is 0. The van der Waals surface area contributed by atoms with Gasteiger partial charge in [-0.2, -0.15) is 0 Å². The van der Waals surface area contributed by atoms with E-state index in [1.54, 1.807) is 6.07 Å². The van der Waals surface area contributed by atoms with Crippen LogP contribution in [0.15, 0.2) is 53.5 Å². The maximum atomic E-state index is 11.2. The third-order valence-corrected chi connectivity index (χ3v) is 4.04. The second-order valence-corrected chi connectivity index (χ2v) is 5.45. The lowest BCUT2D eigenvalue weighted by Gasteiger charge is -2.36. The highest BCUT2D eigenvalue weighted by atomic mass is 16.1. The maximum absolute atomic E-state index is 11.2. The van der Waals surface area contributed by atoms with Gasteiger partial charge in [0.15, 0.2) is 0 Å². The van der Waals surface area contributed by atoms with E-state index in [9.17, 15) is 4.79 Å². The minimum Gasteiger partial charge on any atom is -0.329 e. The van der Waals surface area contributed by atoms with Crippen molar-refractivity contribution >= 4 is 0 Å². The lowest BCUT2D eigenvalue weighted by molar-refractivity contribution is 0.140. The van der Waals surface area contributed by atoms with Crippen molar-refractivity contribution in [2.45, 2.75) is 31.8 Å². The van der Waals surface area contributed by atoms with E-state index in [0.717, 1.165) is 13.1 Å². The number of pyridine rings is 1. The molecule has 104 valence electrons. The Hall–Kier alpha value is -1.87. The molecule has 1 atom stereocenters. The highest BCUT2D eigenvalue weighted by molar-refractivity contribution is 5.18. The summed E-state index contributed by atoms with van der Waals surface area (Å²) in [7, 11) is 0. The lowest BCUT2D eigenvalue weighted by atomic mass is 9.96. The summed E-state index contributed by atoms with van der Waals surface area (Å²) >= 11 is 0. The van der Waals surface area contributed by atoms with Crippen molar-refractivity contribution < 1.29 is 0 Å². The second-order valence-electron chi connectivity index (χ2n) is 5.45. The average molecular weight is 268 g/mol. The number of likely N-dealkylation sites (tertiary alicyclic amines) is 1. The number of aromatic amines is 1. The average Bonchev–Trinajstić information content (AvgIpc) is 2.50. The van der Waals surface area contributed by atoms with Gasteiger partial charge in [0.2, 0.25) is 5.56 Å². The van der Waals surface area contributed by atoms with E-state index in [0.29, 0.717) is 6.04 Å². The molecule has 2 heterocycles. The molecule has 1 unspecified atom stereocenters. The van der Waals surface area contributed by atoms with Gasteiger partial charge in [-0.1, -0.05) is 42.8 Å². The molecule has 0 saturated carbocycles. The highest BCUT2D eigenvalue weighted by Gasteiger charge is 2.23. The van der Waals surface area contributed by atoms with Gasteiger partial charge >= 0.3 is 0 Å². The molecule has 3 rings (SSSR count). The molecule has 1 aromatic carbocycles. The van der Waals surface area contributed by atoms with Gasteiger partial charge in [0.05, 0.1) is 0 Å². The number of benzene rings is 1. The Morgan fingerprint density at radius 1 is 1.10 bits per heavy atom. The summed E-state index contributed by atoms with van der Waals surface area (Å²) in [6.45, 7) is 2.10. The molecule has 0 aliphatic carbocycles. The Kier molecular flexibility index (Phi) is 3.97. The summed E-state index contributed by atoms with van der Waals surface area (Å²) in [5.41, 5.74) is 2.54. The summed E-state index contributed by atoms with van der Waals surface area (Å²) in [5.74, 6) is 0. The number of aromatic nitrogens is 1. The van der Waals surface area contributed by atoms with Crippen molar-refractivity contribution in [1.29, 1.82) is 0 Å². The van der Waals surface area contributed by atoms with Crippen LogP contribution in [0.5, 0.6) is 0 Å². The predicted molar refractivity (Wildman–Crippen MR) is 80.5 cm³/mol. The van der Waals surface area contributed by atoms with Crippen LogP contribution in [0.1, 0.15) is 36.4 Å². The number of hydrogen-bond donors (Lipinski definition) is 1. The highest BCUT2D eigenvalue weighted by Crippen LogP contribution is 2.31. The molecule has 3 heteroatoms. The molecular formula is C17H20N2O. The second kappa shape index (κ2) is 6.06. The van der Waals surface area contributed by atoms with Crippen LogP contribution in [0.3, 0.4) is 0 Å². The van der Waals surface area contributed by atoms with E-state index >= 15 is 0 Å². The van der Waals surface area contributed by atoms with Crippen molar-refractivity contribution in [3.8, 4) is 0 Å². The number of rotatable bonds is 3. The number of nitrogens with zero attached hydrogens (tertiary/aromatic N) is 1. The maximum Gasteiger partial charge on any atom is 0.247 e. The molecule has 1 aliphatic heterocycles. The number of hydrogen-bond acceptors (Lipinski definition) is 2. The Morgan fingerprint density at radius 2 is 1.95 bits per heavy atom. The molecule has 1 aromatic heterocycles. The molecule has 1 aliphatic rings. The molecule has 0 amide bonds. The molecule has 1 N–H and O–H groups in total. The first-order valence-corrected chi connectivity index (χ1v) is 7.29. The van der Waals surface area contributed by atoms with Crippen molar-refractivity contribution in [2.24, 2.45) is 0 Å². The van der Waals surface area contributed by atoms with Gasteiger partial charge in [-0.15, -0.1) is 0 Å². The molecule has 0 spiro atoms. The molecular weight excluding hydrogens is 248 g/mol. The quantitative estimate of drug-likeness (QED) is 0.928. The number of H-pyrrole nitrogens is 1. The van der Waals surface area contributed by atoms with Crippen LogP contribution in [0.25, 0.3) is 0 Å². The van der Waals surface area contributed by atoms with E-state index in [-0.39, 0.29) is 5.56 Å². The van der Waals surface area contributed by atoms with Gasteiger partial charge < -0.3 is 4.98 Å². The van der Waals surface area contributed by atoms with Crippen molar-refractivity contribution in [3.63, 3.8) is 0 Å². The first-order chi connectivity index (χ1) is 9.83. The van der Waals surface area contributed by atoms with E-state index in [4.69, 9.17) is 0 Å². The monoisotopic (exact) mass is 268 g/mol. The zero-order valence-corrected chi connectivity index (χ0v) is 11.6. The fraction of sp³-hybridized carbons (Fsp3) is 0.353. The Labute approximate surface area is 119 Å². The first kappa shape index (κ1) is 13.1. The number of piperidine rings is 1. The van der Waals surface area contributed by atoms with Gasteiger partial charge in [-0.3, -0.25) is 9.69 Å². The van der Waals surface area contributed by atoms with Crippen LogP contribution in [0, 0.1) is 0 Å². The molecule has 0 bridgehead atoms. The summed E-state index contributed by atoms with van der Waals surface area (Å²) in [6, 6.07) is 14.6. The molecule has 3 nitrogen and oxygen atoms in total. The Morgan fingerprint density at radius 3 is 2.70 bits per heavy atom. The van der Waals surface area contributed by atoms with Gasteiger partial charge in [-0.25, -0.2) is 0 Å². The van der Waals surface area contributed by atoms with Crippen LogP contribution < -0.4 is 5.56 Å². The van der Waals surface area contributed by atoms with E-state index in [1.165, 1.54) is 30.4 Å². The van der Waals surface area contributed by atoms with Crippen LogP contribution >= 0.6 is 0 Å². The first-order valence-electron chi connectivity index (χ1n) is 7.29. The Bertz CT molecular complexity index is 585. The molecule has 20 heavy (non-hydrogen) atoms. The minimum absolute atomic E-state index is 0.0285. The smallest absolute Gasteiger partial charge is 0.247 e. The van der Waals surface area contributed by atoms with Crippen molar-refractivity contribution in [1.82, 2.24) is 9.88 Å². The SMILES string of the molecule is O=c1ccc(C2CCCCN2Cc2ccccc2)c[nH]1. The van der Waals surface area contributed by atoms with Gasteiger partial charge in [0.1, 0.15) is 0 Å². The molecule has 2 aromatic rings. The lowest BCUT2D eigenvalue weighted by Crippen LogP contribution is -2.33. The van der Waals surface area contributed by atoms with E-state index in [1.807, 2.05) is 12.3 Å². The summed E-state index contributed by atoms with van der Waals surface area (Å²) < 4.78 is 0. The largest absolute Gasteiger partial charge is 0.329 e. The fourth-order valence-electron chi connectivity index (χ4n) is 3.01. The molecule has 0 radical (unpaired) electrons. The van der Waals surface area contributed by atoms with E-state index in [2.05, 4.69) is 40.2 Å². The van der Waals surface area contributed by atoms with Crippen LogP contribution in [-0.4, -0.2) is 16.4 Å². The van der Waals surface area contributed by atoms with Crippen LogP contribution in [0.4, 0.5) is 0 Å². The van der Waals surface area contributed by atoms with Gasteiger partial charge in [0, 0.05) is 24.8 Å². The topological polar surface area (TPSA) is 36.1 Å². The van der Waals surface area contributed by atoms with Crippen molar-refractivity contribution in [3.05, 3.63) is 70.1 Å². The zero-order valence-electron chi connectivity index (χ0n) is 11.6. The van der Waals surface area contributed by atoms with Gasteiger partial charge in [0.25, 0.3) is 0 Å². The predicted octanol–water partition coefficient (Wildman–Crippen LogP) is 3.10.